The van der Waals surface area contributed by atoms with Gasteiger partial charge in [-0.3, -0.25) is 19.7 Å². The Bertz CT molecular complexity index is 934. The van der Waals surface area contributed by atoms with Crippen molar-refractivity contribution in [3.63, 3.8) is 0 Å². The Kier molecular flexibility index (Phi) is 4.43. The normalized spacial score (nSPS) is 17.3. The van der Waals surface area contributed by atoms with Crippen molar-refractivity contribution in [3.8, 4) is 11.8 Å². The quantitative estimate of drug-likeness (QED) is 0.671. The number of piperidine rings is 1. The van der Waals surface area contributed by atoms with Crippen molar-refractivity contribution in [1.82, 2.24) is 15.1 Å². The molecule has 0 aliphatic carbocycles. The van der Waals surface area contributed by atoms with E-state index in [-0.39, 0.29) is 24.3 Å². The number of unbranched alkanes of at least 4 members (excludes halogenated alkanes) is 1. The van der Waals surface area contributed by atoms with Crippen LogP contribution < -0.4 is 10.9 Å². The summed E-state index contributed by atoms with van der Waals surface area (Å²) in [6, 6.07) is 4.65. The lowest BCUT2D eigenvalue weighted by atomic mass is 10.0. The molecular formula is C18H17N3O3. The zero-order chi connectivity index (χ0) is 17.1. The van der Waals surface area contributed by atoms with Crippen LogP contribution in [0.15, 0.2) is 29.2 Å². The van der Waals surface area contributed by atoms with Crippen LogP contribution >= 0.6 is 0 Å². The molecule has 0 radical (unpaired) electrons. The molecule has 2 aromatic rings. The fraction of sp³-hybridized carbons (Fsp3) is 0.333. The van der Waals surface area contributed by atoms with Crippen LogP contribution in [0, 0.1) is 11.8 Å². The van der Waals surface area contributed by atoms with E-state index in [4.69, 9.17) is 0 Å². The number of carbonyl (C=O) groups excluding carboxylic acids is 2. The number of hydrogen-bond acceptors (Lipinski definition) is 4. The third-order valence-electron chi connectivity index (χ3n) is 3.94. The first-order valence-corrected chi connectivity index (χ1v) is 7.95. The molecule has 6 heteroatoms. The first-order chi connectivity index (χ1) is 11.6. The fourth-order valence-electron chi connectivity index (χ4n) is 2.73. The van der Waals surface area contributed by atoms with Gasteiger partial charge in [-0.1, -0.05) is 30.9 Å². The minimum absolute atomic E-state index is 0.195. The number of nitrogens with one attached hydrogen (secondary N) is 1. The topological polar surface area (TPSA) is 81.1 Å². The van der Waals surface area contributed by atoms with Crippen LogP contribution in [-0.4, -0.2) is 21.6 Å². The molecule has 122 valence electrons. The van der Waals surface area contributed by atoms with Gasteiger partial charge in [0.1, 0.15) is 6.04 Å². The van der Waals surface area contributed by atoms with E-state index in [1.807, 2.05) is 13.0 Å². The number of nitrogens with zero attached hydrogens (tertiary/aromatic N) is 2. The third kappa shape index (κ3) is 2.93. The Morgan fingerprint density at radius 2 is 2.17 bits per heavy atom. The van der Waals surface area contributed by atoms with E-state index in [1.54, 1.807) is 18.3 Å². The number of hydrogen-bond donors (Lipinski definition) is 1. The summed E-state index contributed by atoms with van der Waals surface area (Å²) in [4.78, 5) is 36.2. The van der Waals surface area contributed by atoms with Crippen molar-refractivity contribution in [3.05, 3.63) is 40.3 Å². The molecule has 1 aromatic carbocycles. The van der Waals surface area contributed by atoms with Crippen molar-refractivity contribution in [2.45, 2.75) is 38.6 Å². The number of aromatic nitrogens is 2. The number of fused-ring (bicyclic) bond motifs is 1. The van der Waals surface area contributed by atoms with Gasteiger partial charge in [-0.25, -0.2) is 4.68 Å². The van der Waals surface area contributed by atoms with E-state index >= 15 is 0 Å². The van der Waals surface area contributed by atoms with Gasteiger partial charge < -0.3 is 0 Å². The average molecular weight is 323 g/mol. The molecule has 1 aliphatic heterocycles. The largest absolute Gasteiger partial charge is 0.295 e. The molecule has 1 aromatic heterocycles. The zero-order valence-electron chi connectivity index (χ0n) is 13.3. The van der Waals surface area contributed by atoms with E-state index in [0.29, 0.717) is 16.3 Å². The smallest absolute Gasteiger partial charge is 0.276 e. The summed E-state index contributed by atoms with van der Waals surface area (Å²) in [6.07, 6.45) is 3.72. The number of rotatable bonds is 2. The molecule has 1 atom stereocenters. The zero-order valence-corrected chi connectivity index (χ0v) is 13.3. The lowest BCUT2D eigenvalue weighted by Gasteiger charge is -2.21. The molecule has 1 unspecified atom stereocenters. The van der Waals surface area contributed by atoms with Crippen LogP contribution in [0.5, 0.6) is 0 Å². The number of benzene rings is 1. The van der Waals surface area contributed by atoms with E-state index in [0.717, 1.165) is 17.5 Å². The Labute approximate surface area is 138 Å². The van der Waals surface area contributed by atoms with Gasteiger partial charge in [-0.05, 0) is 18.9 Å². The van der Waals surface area contributed by atoms with E-state index in [1.165, 1.54) is 0 Å². The van der Waals surface area contributed by atoms with Crippen LogP contribution in [0.1, 0.15) is 44.2 Å². The molecule has 6 nitrogen and oxygen atoms in total. The highest BCUT2D eigenvalue weighted by atomic mass is 16.2. The summed E-state index contributed by atoms with van der Waals surface area (Å²) in [5.74, 6) is 5.26. The molecule has 1 saturated heterocycles. The molecule has 3 rings (SSSR count). The summed E-state index contributed by atoms with van der Waals surface area (Å²) >= 11 is 0. The Balaban J connectivity index is 2.12. The minimum Gasteiger partial charge on any atom is -0.295 e. The summed E-state index contributed by atoms with van der Waals surface area (Å²) in [5.41, 5.74) is 0.276. The molecule has 2 amide bonds. The van der Waals surface area contributed by atoms with Gasteiger partial charge >= 0.3 is 0 Å². The summed E-state index contributed by atoms with van der Waals surface area (Å²) < 4.78 is 1.16. The molecule has 24 heavy (non-hydrogen) atoms. The Morgan fingerprint density at radius 3 is 2.92 bits per heavy atom. The molecule has 2 heterocycles. The first-order valence-electron chi connectivity index (χ1n) is 7.95. The highest BCUT2D eigenvalue weighted by Gasteiger charge is 2.30. The number of imide groups is 1. The molecule has 1 fully saturated rings. The van der Waals surface area contributed by atoms with Crippen molar-refractivity contribution < 1.29 is 9.59 Å². The Morgan fingerprint density at radius 1 is 1.33 bits per heavy atom. The van der Waals surface area contributed by atoms with Gasteiger partial charge in [-0.2, -0.15) is 5.10 Å². The van der Waals surface area contributed by atoms with Crippen LogP contribution in [-0.2, 0) is 9.59 Å². The highest BCUT2D eigenvalue weighted by Crippen LogP contribution is 2.18. The predicted molar refractivity (Wildman–Crippen MR) is 89.2 cm³/mol. The second-order valence-electron chi connectivity index (χ2n) is 5.68. The van der Waals surface area contributed by atoms with Crippen LogP contribution in [0.25, 0.3) is 10.8 Å². The van der Waals surface area contributed by atoms with Gasteiger partial charge in [0.05, 0.1) is 11.6 Å². The second-order valence-corrected chi connectivity index (χ2v) is 5.68. The van der Waals surface area contributed by atoms with Gasteiger partial charge in [-0.15, -0.1) is 0 Å². The average Bonchev–Trinajstić information content (AvgIpc) is 2.56. The molecular weight excluding hydrogens is 306 g/mol. The summed E-state index contributed by atoms with van der Waals surface area (Å²) in [6.45, 7) is 2.04. The van der Waals surface area contributed by atoms with Crippen LogP contribution in [0.2, 0.25) is 0 Å². The van der Waals surface area contributed by atoms with Crippen molar-refractivity contribution in [2.75, 3.05) is 0 Å². The molecule has 0 saturated carbocycles. The maximum Gasteiger partial charge on any atom is 0.276 e. The van der Waals surface area contributed by atoms with Gasteiger partial charge in [0.15, 0.2) is 0 Å². The van der Waals surface area contributed by atoms with Crippen molar-refractivity contribution >= 4 is 22.6 Å². The maximum atomic E-state index is 12.9. The lowest BCUT2D eigenvalue weighted by molar-refractivity contribution is -0.136. The summed E-state index contributed by atoms with van der Waals surface area (Å²) in [5, 5.41) is 7.53. The maximum absolute atomic E-state index is 12.9. The van der Waals surface area contributed by atoms with Gasteiger partial charge in [0.2, 0.25) is 5.91 Å². The van der Waals surface area contributed by atoms with Crippen molar-refractivity contribution in [2.24, 2.45) is 0 Å². The number of carbonyl (C=O) groups is 2. The molecule has 1 N–H and O–H groups in total. The first kappa shape index (κ1) is 15.9. The minimum atomic E-state index is -0.767. The molecule has 0 spiro atoms. The third-order valence-corrected chi connectivity index (χ3v) is 3.94. The Hall–Kier alpha value is -2.94. The van der Waals surface area contributed by atoms with Crippen LogP contribution in [0.4, 0.5) is 0 Å². The van der Waals surface area contributed by atoms with Gasteiger partial charge in [0.25, 0.3) is 11.5 Å². The van der Waals surface area contributed by atoms with Crippen molar-refractivity contribution in [1.29, 1.82) is 0 Å². The number of amides is 2. The van der Waals surface area contributed by atoms with Crippen LogP contribution in [0.3, 0.4) is 0 Å². The lowest BCUT2D eigenvalue weighted by Crippen LogP contribution is -2.45. The fourth-order valence-corrected chi connectivity index (χ4v) is 2.73. The highest BCUT2D eigenvalue weighted by molar-refractivity contribution is 5.99. The molecule has 0 bridgehead atoms. The standard InChI is InChI=1S/C18H17N3O3/c1-2-3-4-6-12-7-5-8-13-11-19-21(18(24)16(12)13)14-9-10-15(22)20-17(14)23/h5,7-8,11,14H,2-3,9-10H2,1H3,(H,20,22,23). The van der Waals surface area contributed by atoms with E-state index in [9.17, 15) is 14.4 Å². The predicted octanol–water partition coefficient (Wildman–Crippen LogP) is 1.53. The summed E-state index contributed by atoms with van der Waals surface area (Å²) in [7, 11) is 0. The van der Waals surface area contributed by atoms with Gasteiger partial charge in [0, 0.05) is 23.8 Å². The monoisotopic (exact) mass is 323 g/mol. The van der Waals surface area contributed by atoms with E-state index < -0.39 is 11.9 Å². The SMILES string of the molecule is CCCC#Cc1cccc2cnn(C3CCC(=O)NC3=O)c(=O)c12. The second kappa shape index (κ2) is 6.67. The van der Waals surface area contributed by atoms with E-state index in [2.05, 4.69) is 22.3 Å². The molecule has 1 aliphatic rings.